The summed E-state index contributed by atoms with van der Waals surface area (Å²) in [6.45, 7) is 15.6. The minimum absolute atomic E-state index is 0.0828. The topological polar surface area (TPSA) is 52.6 Å². The lowest BCUT2D eigenvalue weighted by Crippen LogP contribution is -2.34. The quantitative estimate of drug-likeness (QED) is 0.571. The van der Waals surface area contributed by atoms with Crippen LogP contribution in [0.5, 0.6) is 0 Å². The number of methoxy groups -OCH3 is 2. The molecular weight excluding hydrogens is 388 g/mol. The molecule has 0 aromatic heterocycles. The molecule has 0 radical (unpaired) electrons. The Hall–Kier alpha value is -2.88. The molecule has 0 unspecified atom stereocenters. The van der Waals surface area contributed by atoms with Gasteiger partial charge in [-0.15, -0.1) is 0 Å². The standard InChI is InChI=1S/C27H32O4/c1-16-13-22-23(27(5,6)12-11-26(22,3)4)15-20(16)17(2)18-9-10-19(24(28)30-7)21(14-18)25(29)31-8/h9-10,13-15H,2,11-12H2,1,3-8H3. The van der Waals surface area contributed by atoms with Crippen molar-refractivity contribution in [3.8, 4) is 0 Å². The van der Waals surface area contributed by atoms with Gasteiger partial charge in [0.2, 0.25) is 0 Å². The fourth-order valence-electron chi connectivity index (χ4n) is 4.50. The number of hydrogen-bond donors (Lipinski definition) is 0. The summed E-state index contributed by atoms with van der Waals surface area (Å²) in [6, 6.07) is 9.61. The van der Waals surface area contributed by atoms with Crippen LogP contribution in [0.2, 0.25) is 0 Å². The van der Waals surface area contributed by atoms with Gasteiger partial charge in [0.15, 0.2) is 0 Å². The highest BCUT2D eigenvalue weighted by atomic mass is 16.5. The molecule has 0 spiro atoms. The maximum absolute atomic E-state index is 12.3. The van der Waals surface area contributed by atoms with Crippen molar-refractivity contribution in [3.63, 3.8) is 0 Å². The van der Waals surface area contributed by atoms with Crippen molar-refractivity contribution in [1.82, 2.24) is 0 Å². The van der Waals surface area contributed by atoms with E-state index in [1.807, 2.05) is 0 Å². The van der Waals surface area contributed by atoms with E-state index in [1.165, 1.54) is 25.3 Å². The number of hydrogen-bond acceptors (Lipinski definition) is 4. The van der Waals surface area contributed by atoms with Crippen LogP contribution in [0.15, 0.2) is 36.9 Å². The number of carbonyl (C=O) groups excluding carboxylic acids is 2. The van der Waals surface area contributed by atoms with E-state index in [4.69, 9.17) is 9.47 Å². The van der Waals surface area contributed by atoms with Gasteiger partial charge in [0, 0.05) is 0 Å². The molecule has 0 amide bonds. The lowest BCUT2D eigenvalue weighted by atomic mass is 9.62. The highest BCUT2D eigenvalue weighted by Gasteiger charge is 2.37. The minimum atomic E-state index is -0.583. The average Bonchev–Trinajstić information content (AvgIpc) is 2.74. The number of fused-ring (bicyclic) bond motifs is 1. The molecule has 164 valence electrons. The zero-order valence-corrected chi connectivity index (χ0v) is 19.6. The number of carbonyl (C=O) groups is 2. The number of rotatable bonds is 4. The van der Waals surface area contributed by atoms with Crippen LogP contribution in [0.3, 0.4) is 0 Å². The summed E-state index contributed by atoms with van der Waals surface area (Å²) < 4.78 is 9.70. The van der Waals surface area contributed by atoms with Crippen LogP contribution in [-0.4, -0.2) is 26.2 Å². The molecule has 0 bridgehead atoms. The van der Waals surface area contributed by atoms with E-state index < -0.39 is 11.9 Å². The smallest absolute Gasteiger partial charge is 0.338 e. The predicted molar refractivity (Wildman–Crippen MR) is 124 cm³/mol. The molecule has 1 aliphatic rings. The van der Waals surface area contributed by atoms with Gasteiger partial charge in [0.05, 0.1) is 25.3 Å². The third kappa shape index (κ3) is 4.04. The normalized spacial score (nSPS) is 16.2. The Morgan fingerprint density at radius 3 is 1.87 bits per heavy atom. The van der Waals surface area contributed by atoms with Crippen LogP contribution < -0.4 is 0 Å². The van der Waals surface area contributed by atoms with Gasteiger partial charge in [-0.2, -0.15) is 0 Å². The number of benzene rings is 2. The van der Waals surface area contributed by atoms with E-state index in [-0.39, 0.29) is 22.0 Å². The van der Waals surface area contributed by atoms with Crippen molar-refractivity contribution in [3.05, 3.63) is 75.9 Å². The van der Waals surface area contributed by atoms with E-state index >= 15 is 0 Å². The molecule has 4 heteroatoms. The first-order valence-corrected chi connectivity index (χ1v) is 10.6. The maximum atomic E-state index is 12.3. The summed E-state index contributed by atoms with van der Waals surface area (Å²) in [6.07, 6.45) is 2.28. The number of ether oxygens (including phenoxy) is 2. The highest BCUT2D eigenvalue weighted by Crippen LogP contribution is 2.47. The number of esters is 2. The third-order valence-corrected chi connectivity index (χ3v) is 6.70. The van der Waals surface area contributed by atoms with Crippen molar-refractivity contribution < 1.29 is 19.1 Å². The predicted octanol–water partition coefficient (Wildman–Crippen LogP) is 5.98. The molecule has 0 heterocycles. The fourth-order valence-corrected chi connectivity index (χ4v) is 4.50. The molecule has 31 heavy (non-hydrogen) atoms. The van der Waals surface area contributed by atoms with Gasteiger partial charge in [0.1, 0.15) is 0 Å². The van der Waals surface area contributed by atoms with E-state index in [0.717, 1.165) is 35.1 Å². The molecule has 1 aliphatic carbocycles. The molecule has 0 N–H and O–H groups in total. The van der Waals surface area contributed by atoms with Crippen LogP contribution in [0.1, 0.15) is 89.1 Å². The zero-order chi connectivity index (χ0) is 23.1. The van der Waals surface area contributed by atoms with Crippen molar-refractivity contribution in [2.45, 2.75) is 58.3 Å². The molecule has 4 nitrogen and oxygen atoms in total. The molecule has 0 atom stereocenters. The van der Waals surface area contributed by atoms with Gasteiger partial charge in [-0.1, -0.05) is 52.5 Å². The maximum Gasteiger partial charge on any atom is 0.338 e. The van der Waals surface area contributed by atoms with Gasteiger partial charge < -0.3 is 9.47 Å². The fraction of sp³-hybridized carbons (Fsp3) is 0.407. The van der Waals surface area contributed by atoms with Crippen LogP contribution in [-0.2, 0) is 20.3 Å². The Morgan fingerprint density at radius 1 is 0.806 bits per heavy atom. The van der Waals surface area contributed by atoms with Crippen LogP contribution >= 0.6 is 0 Å². The molecule has 3 rings (SSSR count). The summed E-state index contributed by atoms with van der Waals surface area (Å²) in [5.41, 5.74) is 7.08. The Morgan fingerprint density at radius 2 is 1.32 bits per heavy atom. The first kappa shape index (κ1) is 22.8. The Kier molecular flexibility index (Phi) is 5.88. The van der Waals surface area contributed by atoms with Gasteiger partial charge in [-0.25, -0.2) is 9.59 Å². The molecule has 0 saturated heterocycles. The minimum Gasteiger partial charge on any atom is -0.465 e. The van der Waals surface area contributed by atoms with Crippen molar-refractivity contribution >= 4 is 17.5 Å². The van der Waals surface area contributed by atoms with Crippen molar-refractivity contribution in [2.24, 2.45) is 0 Å². The summed E-state index contributed by atoms with van der Waals surface area (Å²) >= 11 is 0. The van der Waals surface area contributed by atoms with Gasteiger partial charge in [0.25, 0.3) is 0 Å². The van der Waals surface area contributed by atoms with E-state index in [9.17, 15) is 9.59 Å². The molecular formula is C27H32O4. The molecule has 2 aromatic rings. The molecule has 0 saturated carbocycles. The van der Waals surface area contributed by atoms with Crippen molar-refractivity contribution in [1.29, 1.82) is 0 Å². The summed E-state index contributed by atoms with van der Waals surface area (Å²) in [5, 5.41) is 0. The lowest BCUT2D eigenvalue weighted by Gasteiger charge is -2.42. The SMILES string of the molecule is C=C(c1ccc(C(=O)OC)c(C(=O)OC)c1)c1cc2c(cc1C)C(C)(C)CCC2(C)C. The van der Waals surface area contributed by atoms with E-state index in [0.29, 0.717) is 0 Å². The Balaban J connectivity index is 2.14. The zero-order valence-electron chi connectivity index (χ0n) is 19.6. The Bertz CT molecular complexity index is 1070. The summed E-state index contributed by atoms with van der Waals surface area (Å²) in [5.74, 6) is -1.16. The second kappa shape index (κ2) is 7.99. The van der Waals surface area contributed by atoms with Gasteiger partial charge >= 0.3 is 11.9 Å². The molecule has 0 fully saturated rings. The van der Waals surface area contributed by atoms with Gasteiger partial charge in [-0.3, -0.25) is 0 Å². The second-order valence-electron chi connectivity index (χ2n) is 9.70. The third-order valence-electron chi connectivity index (χ3n) is 6.70. The summed E-state index contributed by atoms with van der Waals surface area (Å²) in [7, 11) is 2.58. The molecule has 0 aliphatic heterocycles. The van der Waals surface area contributed by atoms with Crippen LogP contribution in [0.25, 0.3) is 5.57 Å². The Labute approximate surface area is 185 Å². The number of aryl methyl sites for hydroxylation is 1. The lowest BCUT2D eigenvalue weighted by molar-refractivity contribution is 0.0555. The monoisotopic (exact) mass is 420 g/mol. The van der Waals surface area contributed by atoms with E-state index in [1.54, 1.807) is 18.2 Å². The first-order valence-electron chi connectivity index (χ1n) is 10.6. The average molecular weight is 421 g/mol. The highest BCUT2D eigenvalue weighted by molar-refractivity contribution is 6.04. The second-order valence-corrected chi connectivity index (χ2v) is 9.70. The van der Waals surface area contributed by atoms with Gasteiger partial charge in [-0.05, 0) is 76.1 Å². The largest absolute Gasteiger partial charge is 0.465 e. The van der Waals surface area contributed by atoms with E-state index in [2.05, 4.69) is 53.3 Å². The van der Waals surface area contributed by atoms with Crippen molar-refractivity contribution in [2.75, 3.05) is 14.2 Å². The van der Waals surface area contributed by atoms with Crippen LogP contribution in [0, 0.1) is 6.92 Å². The summed E-state index contributed by atoms with van der Waals surface area (Å²) in [4.78, 5) is 24.4. The van der Waals surface area contributed by atoms with Crippen LogP contribution in [0.4, 0.5) is 0 Å². The first-order chi connectivity index (χ1) is 14.4. The molecule has 2 aromatic carbocycles.